The summed E-state index contributed by atoms with van der Waals surface area (Å²) >= 11 is 0. The Morgan fingerprint density at radius 1 is 0.697 bits per heavy atom. The number of alkyl halides is 6. The van der Waals surface area contributed by atoms with Crippen LogP contribution >= 0.6 is 0 Å². The smallest absolute Gasteiger partial charge is 0.279 e. The molecule has 3 aromatic heterocycles. The van der Waals surface area contributed by atoms with Crippen molar-refractivity contribution in [3.8, 4) is 0 Å². The van der Waals surface area contributed by atoms with Gasteiger partial charge in [-0.3, -0.25) is 9.88 Å². The van der Waals surface area contributed by atoms with E-state index in [1.54, 1.807) is 31.5 Å². The van der Waals surface area contributed by atoms with Gasteiger partial charge in [0, 0.05) is 30.2 Å². The molecule has 4 rings (SSSR count). The second-order valence-electron chi connectivity index (χ2n) is 7.40. The fourth-order valence-electron chi connectivity index (χ4n) is 3.53. The van der Waals surface area contributed by atoms with Crippen LogP contribution in [-0.2, 0) is 12.4 Å². The Morgan fingerprint density at radius 3 is 1.70 bits per heavy atom. The molecule has 1 aromatic carbocycles. The number of aryl methyl sites for hydroxylation is 2. The average molecular weight is 462 g/mol. The Morgan fingerprint density at radius 2 is 1.24 bits per heavy atom. The standard InChI is InChI=1S/C23H16F6N4/c1-13-9-19(14(2)17-7-8-30-12-18(13)17)33(20-5-3-15(10-31-20)22(24,25)26)21-6-4-16(11-32-21)23(27,28)29/h3-12H,1-2H3. The number of benzene rings is 1. The predicted octanol–water partition coefficient (Wildman–Crippen LogP) is 7.15. The Hall–Kier alpha value is -3.69. The summed E-state index contributed by atoms with van der Waals surface area (Å²) < 4.78 is 78.2. The van der Waals surface area contributed by atoms with Crippen LogP contribution in [0.2, 0.25) is 0 Å². The molecule has 10 heteroatoms. The fraction of sp³-hybridized carbons (Fsp3) is 0.174. The van der Waals surface area contributed by atoms with Crippen molar-refractivity contribution < 1.29 is 26.3 Å². The molecule has 0 atom stereocenters. The number of hydrogen-bond acceptors (Lipinski definition) is 4. The molecule has 3 heterocycles. The minimum absolute atomic E-state index is 0.0752. The third-order valence-electron chi connectivity index (χ3n) is 5.24. The number of fused-ring (bicyclic) bond motifs is 1. The highest BCUT2D eigenvalue weighted by atomic mass is 19.4. The highest BCUT2D eigenvalue weighted by Crippen LogP contribution is 2.40. The molecule has 0 bridgehead atoms. The van der Waals surface area contributed by atoms with Crippen molar-refractivity contribution in [2.24, 2.45) is 0 Å². The Kier molecular flexibility index (Phi) is 5.47. The molecule has 0 radical (unpaired) electrons. The maximum Gasteiger partial charge on any atom is 0.417 e. The number of aromatic nitrogens is 3. The van der Waals surface area contributed by atoms with Crippen molar-refractivity contribution >= 4 is 28.1 Å². The maximum atomic E-state index is 13.0. The number of pyridine rings is 3. The van der Waals surface area contributed by atoms with Gasteiger partial charge in [-0.15, -0.1) is 0 Å². The highest BCUT2D eigenvalue weighted by Gasteiger charge is 2.32. The van der Waals surface area contributed by atoms with Crippen molar-refractivity contribution in [1.29, 1.82) is 0 Å². The lowest BCUT2D eigenvalue weighted by atomic mass is 10.00. The molecule has 0 amide bonds. The summed E-state index contributed by atoms with van der Waals surface area (Å²) in [5.41, 5.74) is 0.197. The zero-order chi connectivity index (χ0) is 24.0. The normalized spacial score (nSPS) is 12.2. The quantitative estimate of drug-likeness (QED) is 0.303. The average Bonchev–Trinajstić information content (AvgIpc) is 2.77. The van der Waals surface area contributed by atoms with Crippen LogP contribution in [0, 0.1) is 13.8 Å². The van der Waals surface area contributed by atoms with Gasteiger partial charge in [0.2, 0.25) is 0 Å². The first-order chi connectivity index (χ1) is 15.5. The van der Waals surface area contributed by atoms with Crippen molar-refractivity contribution in [1.82, 2.24) is 15.0 Å². The molecular weight excluding hydrogens is 446 g/mol. The highest BCUT2D eigenvalue weighted by molar-refractivity contribution is 5.94. The molecule has 170 valence electrons. The second kappa shape index (κ2) is 8.02. The number of halogens is 6. The van der Waals surface area contributed by atoms with Gasteiger partial charge in [-0.25, -0.2) is 9.97 Å². The van der Waals surface area contributed by atoms with E-state index in [9.17, 15) is 26.3 Å². The van der Waals surface area contributed by atoms with E-state index in [2.05, 4.69) is 15.0 Å². The van der Waals surface area contributed by atoms with Crippen molar-refractivity contribution in [3.63, 3.8) is 0 Å². The summed E-state index contributed by atoms with van der Waals surface area (Å²) in [6.45, 7) is 3.64. The molecule has 0 aliphatic heterocycles. The molecule has 0 spiro atoms. The van der Waals surface area contributed by atoms with Gasteiger partial charge in [-0.2, -0.15) is 26.3 Å². The lowest BCUT2D eigenvalue weighted by Crippen LogP contribution is -2.16. The molecular formula is C23H16F6N4. The van der Waals surface area contributed by atoms with E-state index in [0.29, 0.717) is 18.1 Å². The van der Waals surface area contributed by atoms with Gasteiger partial charge in [0.25, 0.3) is 0 Å². The molecule has 0 unspecified atom stereocenters. The van der Waals surface area contributed by atoms with E-state index in [1.165, 1.54) is 4.90 Å². The van der Waals surface area contributed by atoms with Gasteiger partial charge >= 0.3 is 12.4 Å². The fourth-order valence-corrected chi connectivity index (χ4v) is 3.53. The van der Waals surface area contributed by atoms with Crippen molar-refractivity contribution in [2.45, 2.75) is 26.2 Å². The van der Waals surface area contributed by atoms with Crippen LogP contribution in [-0.4, -0.2) is 15.0 Å². The number of rotatable bonds is 3. The van der Waals surface area contributed by atoms with Crippen molar-refractivity contribution in [3.05, 3.63) is 83.4 Å². The van der Waals surface area contributed by atoms with E-state index in [4.69, 9.17) is 0 Å². The van der Waals surface area contributed by atoms with E-state index in [-0.39, 0.29) is 11.6 Å². The summed E-state index contributed by atoms with van der Waals surface area (Å²) in [6, 6.07) is 7.62. The van der Waals surface area contributed by atoms with Crippen LogP contribution in [0.1, 0.15) is 22.3 Å². The summed E-state index contributed by atoms with van der Waals surface area (Å²) in [5.74, 6) is 0.150. The molecule has 33 heavy (non-hydrogen) atoms. The SMILES string of the molecule is Cc1cc(N(c2ccc(C(F)(F)F)cn2)c2ccc(C(F)(F)F)cn2)c(C)c2ccncc12. The lowest BCUT2D eigenvalue weighted by molar-refractivity contribution is -0.138. The van der Waals surface area contributed by atoms with Gasteiger partial charge in [-0.05, 0) is 66.8 Å². The summed E-state index contributed by atoms with van der Waals surface area (Å²) in [4.78, 5) is 13.5. The number of nitrogens with zero attached hydrogens (tertiary/aromatic N) is 4. The summed E-state index contributed by atoms with van der Waals surface area (Å²) in [7, 11) is 0. The van der Waals surface area contributed by atoms with Crippen LogP contribution in [0.25, 0.3) is 10.8 Å². The first kappa shape index (κ1) is 22.5. The predicted molar refractivity (Wildman–Crippen MR) is 111 cm³/mol. The Bertz CT molecular complexity index is 1240. The Balaban J connectivity index is 1.92. The molecule has 0 saturated carbocycles. The minimum Gasteiger partial charge on any atom is -0.279 e. The van der Waals surface area contributed by atoms with Gasteiger partial charge in [0.1, 0.15) is 11.6 Å². The summed E-state index contributed by atoms with van der Waals surface area (Å²) in [6.07, 6.45) is -4.50. The van der Waals surface area contributed by atoms with Gasteiger partial charge in [-0.1, -0.05) is 0 Å². The molecule has 0 N–H and O–H groups in total. The molecule has 0 saturated heterocycles. The topological polar surface area (TPSA) is 41.9 Å². The van der Waals surface area contributed by atoms with Crippen molar-refractivity contribution in [2.75, 3.05) is 4.90 Å². The largest absolute Gasteiger partial charge is 0.417 e. The Labute approximate surface area is 184 Å². The van der Waals surface area contributed by atoms with Crippen LogP contribution in [0.4, 0.5) is 43.7 Å². The summed E-state index contributed by atoms with van der Waals surface area (Å²) in [5, 5.41) is 1.71. The monoisotopic (exact) mass is 462 g/mol. The maximum absolute atomic E-state index is 13.0. The zero-order valence-corrected chi connectivity index (χ0v) is 17.3. The van der Waals surface area contributed by atoms with E-state index < -0.39 is 23.5 Å². The first-order valence-electron chi connectivity index (χ1n) is 9.67. The first-order valence-corrected chi connectivity index (χ1v) is 9.67. The molecule has 0 aliphatic carbocycles. The van der Waals surface area contributed by atoms with Gasteiger partial charge in [0.15, 0.2) is 0 Å². The molecule has 4 nitrogen and oxygen atoms in total. The number of hydrogen-bond donors (Lipinski definition) is 0. The van der Waals surface area contributed by atoms with Gasteiger partial charge in [0.05, 0.1) is 16.8 Å². The van der Waals surface area contributed by atoms with Crippen LogP contribution in [0.5, 0.6) is 0 Å². The number of anilines is 3. The minimum atomic E-state index is -4.58. The zero-order valence-electron chi connectivity index (χ0n) is 17.3. The van der Waals surface area contributed by atoms with Crippen LogP contribution < -0.4 is 4.90 Å². The molecule has 0 aliphatic rings. The van der Waals surface area contributed by atoms with E-state index >= 15 is 0 Å². The lowest BCUT2D eigenvalue weighted by Gasteiger charge is -2.26. The van der Waals surface area contributed by atoms with Crippen LogP contribution in [0.15, 0.2) is 61.2 Å². The van der Waals surface area contributed by atoms with E-state index in [0.717, 1.165) is 46.2 Å². The third-order valence-corrected chi connectivity index (χ3v) is 5.24. The van der Waals surface area contributed by atoms with Crippen LogP contribution in [0.3, 0.4) is 0 Å². The molecule has 4 aromatic rings. The van der Waals surface area contributed by atoms with E-state index in [1.807, 2.05) is 6.92 Å². The third kappa shape index (κ3) is 4.33. The second-order valence-corrected chi connectivity index (χ2v) is 7.40. The van der Waals surface area contributed by atoms with Gasteiger partial charge < -0.3 is 0 Å². The molecule has 0 fully saturated rings.